The molecule has 2 rings (SSSR count). The molecule has 2 heterocycles. The van der Waals surface area contributed by atoms with Gasteiger partial charge in [0.1, 0.15) is 5.69 Å². The number of nitrogens with one attached hydrogen (secondary N) is 1. The summed E-state index contributed by atoms with van der Waals surface area (Å²) in [6.45, 7) is -0.535. The average molecular weight is 223 g/mol. The van der Waals surface area contributed by atoms with E-state index in [0.29, 0.717) is 0 Å². The first-order valence-electron chi connectivity index (χ1n) is 4.41. The lowest BCUT2D eigenvalue weighted by Gasteiger charge is -2.05. The number of aryl methyl sites for hydroxylation is 1. The summed E-state index contributed by atoms with van der Waals surface area (Å²) in [6, 6.07) is 0. The highest BCUT2D eigenvalue weighted by Gasteiger charge is 2.11. The van der Waals surface area contributed by atoms with Crippen LogP contribution >= 0.6 is 0 Å². The van der Waals surface area contributed by atoms with Gasteiger partial charge in [-0.2, -0.15) is 4.98 Å². The van der Waals surface area contributed by atoms with Crippen molar-refractivity contribution in [2.75, 3.05) is 5.73 Å². The molecule has 0 radical (unpaired) electrons. The van der Waals surface area contributed by atoms with Crippen LogP contribution in [0.2, 0.25) is 0 Å². The number of aliphatic hydroxyl groups is 1. The summed E-state index contributed by atoms with van der Waals surface area (Å²) in [4.78, 5) is 32.9. The predicted molar refractivity (Wildman–Crippen MR) is 55.7 cm³/mol. The number of aromatic nitrogens is 4. The Bertz CT molecular complexity index is 672. The Morgan fingerprint density at radius 2 is 2.12 bits per heavy atom. The van der Waals surface area contributed by atoms with Crippen molar-refractivity contribution in [1.29, 1.82) is 0 Å². The largest absolute Gasteiger partial charge is 0.390 e. The molecule has 0 aromatic carbocycles. The van der Waals surface area contributed by atoms with E-state index in [0.717, 1.165) is 4.57 Å². The number of nitrogens with zero attached hydrogens (tertiary/aromatic N) is 3. The second kappa shape index (κ2) is 3.42. The van der Waals surface area contributed by atoms with Crippen molar-refractivity contribution in [3.8, 4) is 0 Å². The highest BCUT2D eigenvalue weighted by atomic mass is 16.3. The number of H-pyrrole nitrogens is 1. The first kappa shape index (κ1) is 10.3. The Morgan fingerprint density at radius 1 is 1.44 bits per heavy atom. The zero-order chi connectivity index (χ0) is 11.9. The molecular weight excluding hydrogens is 214 g/mol. The van der Waals surface area contributed by atoms with E-state index in [2.05, 4.69) is 15.0 Å². The fourth-order valence-corrected chi connectivity index (χ4v) is 1.38. The molecule has 0 saturated carbocycles. The Kier molecular flexibility index (Phi) is 2.20. The van der Waals surface area contributed by atoms with E-state index in [-0.39, 0.29) is 22.8 Å². The molecule has 84 valence electrons. The van der Waals surface area contributed by atoms with Gasteiger partial charge in [-0.25, -0.2) is 4.98 Å². The first-order chi connectivity index (χ1) is 7.54. The molecule has 0 spiro atoms. The van der Waals surface area contributed by atoms with Crippen molar-refractivity contribution in [2.24, 2.45) is 7.05 Å². The lowest BCUT2D eigenvalue weighted by atomic mass is 10.4. The van der Waals surface area contributed by atoms with E-state index in [4.69, 9.17) is 10.8 Å². The number of fused-ring (bicyclic) bond motifs is 1. The summed E-state index contributed by atoms with van der Waals surface area (Å²) in [5.74, 6) is -0.0916. The fourth-order valence-electron chi connectivity index (χ4n) is 1.38. The highest BCUT2D eigenvalue weighted by Crippen LogP contribution is 2.02. The zero-order valence-corrected chi connectivity index (χ0v) is 8.39. The summed E-state index contributed by atoms with van der Waals surface area (Å²) in [5, 5.41) is 8.91. The third-order valence-electron chi connectivity index (χ3n) is 2.16. The van der Waals surface area contributed by atoms with Crippen LogP contribution in [0.15, 0.2) is 9.59 Å². The molecule has 8 heteroatoms. The smallest absolute Gasteiger partial charge is 0.280 e. The molecule has 16 heavy (non-hydrogen) atoms. The van der Waals surface area contributed by atoms with Gasteiger partial charge in [0, 0.05) is 7.05 Å². The maximum atomic E-state index is 11.6. The summed E-state index contributed by atoms with van der Waals surface area (Å²) in [5.41, 5.74) is 4.25. The monoisotopic (exact) mass is 223 g/mol. The highest BCUT2D eigenvalue weighted by molar-refractivity contribution is 5.69. The van der Waals surface area contributed by atoms with Crippen LogP contribution in [0.3, 0.4) is 0 Å². The van der Waals surface area contributed by atoms with Gasteiger partial charge in [0.25, 0.3) is 11.1 Å². The Labute approximate surface area is 88.4 Å². The van der Waals surface area contributed by atoms with Crippen LogP contribution in [0, 0.1) is 0 Å². The number of anilines is 1. The number of nitrogens with two attached hydrogens (primary N) is 1. The number of aliphatic hydroxyl groups excluding tert-OH is 1. The average Bonchev–Trinajstić information content (AvgIpc) is 2.24. The second-order valence-electron chi connectivity index (χ2n) is 3.20. The molecule has 2 aromatic heterocycles. The quantitative estimate of drug-likeness (QED) is 0.517. The summed E-state index contributed by atoms with van der Waals surface area (Å²) >= 11 is 0. The van der Waals surface area contributed by atoms with Gasteiger partial charge in [0.2, 0.25) is 5.95 Å². The van der Waals surface area contributed by atoms with E-state index in [9.17, 15) is 9.59 Å². The molecule has 0 atom stereocenters. The SMILES string of the molecule is Cn1c(=O)c(CO)nc2c(=O)[nH]c(N)nc21. The van der Waals surface area contributed by atoms with Crippen LogP contribution in [-0.4, -0.2) is 24.6 Å². The van der Waals surface area contributed by atoms with Crippen LogP contribution in [0.4, 0.5) is 5.95 Å². The first-order valence-corrected chi connectivity index (χ1v) is 4.41. The van der Waals surface area contributed by atoms with E-state index < -0.39 is 17.7 Å². The molecule has 0 amide bonds. The second-order valence-corrected chi connectivity index (χ2v) is 3.20. The molecule has 4 N–H and O–H groups in total. The van der Waals surface area contributed by atoms with Gasteiger partial charge in [-0.15, -0.1) is 0 Å². The lowest BCUT2D eigenvalue weighted by molar-refractivity contribution is 0.274. The summed E-state index contributed by atoms with van der Waals surface area (Å²) in [7, 11) is 1.43. The topological polar surface area (TPSA) is 127 Å². The van der Waals surface area contributed by atoms with Crippen LogP contribution in [0.5, 0.6) is 0 Å². The predicted octanol–water partition coefficient (Wildman–Crippen LogP) is -1.91. The molecule has 0 aliphatic carbocycles. The van der Waals surface area contributed by atoms with Gasteiger partial charge in [-0.05, 0) is 0 Å². The molecule has 0 aliphatic heterocycles. The number of hydrogen-bond acceptors (Lipinski definition) is 6. The maximum absolute atomic E-state index is 11.6. The zero-order valence-electron chi connectivity index (χ0n) is 8.39. The van der Waals surface area contributed by atoms with Gasteiger partial charge >= 0.3 is 0 Å². The number of aromatic amines is 1. The minimum atomic E-state index is -0.548. The Hall–Kier alpha value is -2.22. The van der Waals surface area contributed by atoms with E-state index in [1.807, 2.05) is 0 Å². The van der Waals surface area contributed by atoms with Crippen LogP contribution in [0.1, 0.15) is 5.69 Å². The molecule has 8 nitrogen and oxygen atoms in total. The van der Waals surface area contributed by atoms with E-state index >= 15 is 0 Å². The van der Waals surface area contributed by atoms with Crippen LogP contribution < -0.4 is 16.9 Å². The molecule has 0 bridgehead atoms. The normalized spacial score (nSPS) is 10.9. The van der Waals surface area contributed by atoms with Crippen molar-refractivity contribution in [1.82, 2.24) is 19.5 Å². The molecule has 0 saturated heterocycles. The van der Waals surface area contributed by atoms with Gasteiger partial charge in [-0.1, -0.05) is 0 Å². The summed E-state index contributed by atoms with van der Waals surface area (Å²) in [6.07, 6.45) is 0. The minimum Gasteiger partial charge on any atom is -0.390 e. The van der Waals surface area contributed by atoms with Crippen molar-refractivity contribution >= 4 is 17.1 Å². The number of rotatable bonds is 1. The Morgan fingerprint density at radius 3 is 2.75 bits per heavy atom. The van der Waals surface area contributed by atoms with Crippen LogP contribution in [-0.2, 0) is 13.7 Å². The molecule has 0 fully saturated rings. The van der Waals surface area contributed by atoms with Crippen molar-refractivity contribution < 1.29 is 5.11 Å². The number of hydrogen-bond donors (Lipinski definition) is 3. The molecule has 0 unspecified atom stereocenters. The van der Waals surface area contributed by atoms with Gasteiger partial charge in [-0.3, -0.25) is 19.1 Å². The molecule has 0 aliphatic rings. The van der Waals surface area contributed by atoms with Gasteiger partial charge in [0.05, 0.1) is 6.61 Å². The van der Waals surface area contributed by atoms with Crippen LogP contribution in [0.25, 0.3) is 11.2 Å². The van der Waals surface area contributed by atoms with Gasteiger partial charge in [0.15, 0.2) is 11.2 Å². The Balaban J connectivity index is 3.05. The molecule has 2 aromatic rings. The number of nitrogen functional groups attached to an aromatic ring is 1. The third-order valence-corrected chi connectivity index (χ3v) is 2.16. The van der Waals surface area contributed by atoms with E-state index in [1.54, 1.807) is 0 Å². The lowest BCUT2D eigenvalue weighted by Crippen LogP contribution is -2.27. The standard InChI is InChI=1S/C8H9N5O3/c1-13-5-4(6(15)12-8(9)11-5)10-3(2-14)7(13)16/h14H,2H2,1H3,(H3,9,11,12,15). The van der Waals surface area contributed by atoms with Crippen molar-refractivity contribution in [2.45, 2.75) is 6.61 Å². The van der Waals surface area contributed by atoms with Crippen molar-refractivity contribution in [3.05, 3.63) is 26.4 Å². The maximum Gasteiger partial charge on any atom is 0.280 e. The summed E-state index contributed by atoms with van der Waals surface area (Å²) < 4.78 is 1.12. The third kappa shape index (κ3) is 1.36. The van der Waals surface area contributed by atoms with Crippen molar-refractivity contribution in [3.63, 3.8) is 0 Å². The molecular formula is C8H9N5O3. The fraction of sp³-hybridized carbons (Fsp3) is 0.250. The minimum absolute atomic E-state index is 0.0275. The van der Waals surface area contributed by atoms with Gasteiger partial charge < -0.3 is 10.8 Å². The van der Waals surface area contributed by atoms with E-state index in [1.165, 1.54) is 7.05 Å².